The van der Waals surface area contributed by atoms with Crippen LogP contribution in [0.1, 0.15) is 46.1 Å². The van der Waals surface area contributed by atoms with E-state index in [0.29, 0.717) is 25.6 Å². The van der Waals surface area contributed by atoms with Crippen LogP contribution in [-0.2, 0) is 15.4 Å². The van der Waals surface area contributed by atoms with Crippen LogP contribution in [0.5, 0.6) is 0 Å². The van der Waals surface area contributed by atoms with E-state index in [4.69, 9.17) is 4.99 Å². The van der Waals surface area contributed by atoms with Gasteiger partial charge in [0, 0.05) is 31.1 Å². The quantitative estimate of drug-likeness (QED) is 0.317. The van der Waals surface area contributed by atoms with Crippen molar-refractivity contribution >= 4 is 40.0 Å². The first kappa shape index (κ1) is 26.1. The molecule has 0 bridgehead atoms. The SMILES string of the molecule is CCNC(=NCC(C)(C)c1cccc(F)c1)NC1CCN(S(=O)(=O)CC)CC1.I. The monoisotopic (exact) mass is 540 g/mol. The molecule has 1 aromatic carbocycles. The maximum absolute atomic E-state index is 13.6. The lowest BCUT2D eigenvalue weighted by atomic mass is 9.85. The molecule has 0 radical (unpaired) electrons. The molecule has 0 unspecified atom stereocenters. The number of guanidine groups is 1. The van der Waals surface area contributed by atoms with E-state index in [1.165, 1.54) is 6.07 Å². The minimum atomic E-state index is -3.12. The molecule has 2 rings (SSSR count). The highest BCUT2D eigenvalue weighted by molar-refractivity contribution is 14.0. The fourth-order valence-electron chi connectivity index (χ4n) is 3.25. The Hall–Kier alpha value is -0.940. The maximum atomic E-state index is 13.6. The summed E-state index contributed by atoms with van der Waals surface area (Å²) in [4.78, 5) is 4.71. The van der Waals surface area contributed by atoms with Crippen LogP contribution in [0.4, 0.5) is 4.39 Å². The summed E-state index contributed by atoms with van der Waals surface area (Å²) in [5, 5.41) is 6.68. The number of hydrogen-bond donors (Lipinski definition) is 2. The summed E-state index contributed by atoms with van der Waals surface area (Å²) in [6, 6.07) is 6.82. The predicted octanol–water partition coefficient (Wildman–Crippen LogP) is 3.09. The average Bonchev–Trinajstić information content (AvgIpc) is 2.67. The summed E-state index contributed by atoms with van der Waals surface area (Å²) >= 11 is 0. The second kappa shape index (κ2) is 11.5. The van der Waals surface area contributed by atoms with Crippen molar-refractivity contribution < 1.29 is 12.8 Å². The summed E-state index contributed by atoms with van der Waals surface area (Å²) in [6.07, 6.45) is 1.49. The molecule has 6 nitrogen and oxygen atoms in total. The molecule has 1 heterocycles. The molecule has 1 aromatic rings. The van der Waals surface area contributed by atoms with E-state index in [1.807, 2.05) is 26.8 Å². The van der Waals surface area contributed by atoms with Crippen molar-refractivity contribution in [2.45, 2.75) is 52.0 Å². The van der Waals surface area contributed by atoms with Gasteiger partial charge in [0.25, 0.3) is 0 Å². The zero-order valence-corrected chi connectivity index (χ0v) is 20.9. The van der Waals surface area contributed by atoms with Crippen LogP contribution >= 0.6 is 24.0 Å². The topological polar surface area (TPSA) is 73.8 Å². The number of benzene rings is 1. The van der Waals surface area contributed by atoms with Gasteiger partial charge in [-0.25, -0.2) is 17.1 Å². The average molecular weight is 540 g/mol. The number of nitrogens with zero attached hydrogens (tertiary/aromatic N) is 2. The Balaban J connectivity index is 0.00000420. The van der Waals surface area contributed by atoms with E-state index in [-0.39, 0.29) is 47.0 Å². The molecule has 1 fully saturated rings. The lowest BCUT2D eigenvalue weighted by molar-refractivity contribution is 0.306. The maximum Gasteiger partial charge on any atom is 0.213 e. The Morgan fingerprint density at radius 1 is 1.28 bits per heavy atom. The van der Waals surface area contributed by atoms with Crippen LogP contribution in [-0.4, -0.2) is 56.7 Å². The Morgan fingerprint density at radius 2 is 1.93 bits per heavy atom. The molecule has 0 aromatic heterocycles. The summed E-state index contributed by atoms with van der Waals surface area (Å²) in [7, 11) is -3.12. The zero-order chi connectivity index (χ0) is 20.8. The summed E-state index contributed by atoms with van der Waals surface area (Å²) in [6.45, 7) is 10.1. The van der Waals surface area contributed by atoms with Gasteiger partial charge in [-0.1, -0.05) is 26.0 Å². The van der Waals surface area contributed by atoms with Crippen LogP contribution in [0.2, 0.25) is 0 Å². The van der Waals surface area contributed by atoms with Crippen molar-refractivity contribution in [3.8, 4) is 0 Å². The molecule has 1 aliphatic rings. The first-order valence-corrected chi connectivity index (χ1v) is 11.6. The van der Waals surface area contributed by atoms with Gasteiger partial charge in [0.15, 0.2) is 5.96 Å². The minimum Gasteiger partial charge on any atom is -0.357 e. The van der Waals surface area contributed by atoms with Gasteiger partial charge in [0.2, 0.25) is 10.0 Å². The van der Waals surface area contributed by atoms with Crippen molar-refractivity contribution in [1.29, 1.82) is 0 Å². The van der Waals surface area contributed by atoms with Gasteiger partial charge in [-0.05, 0) is 44.4 Å². The van der Waals surface area contributed by atoms with Crippen LogP contribution in [0.3, 0.4) is 0 Å². The largest absolute Gasteiger partial charge is 0.357 e. The van der Waals surface area contributed by atoms with Crippen LogP contribution in [0, 0.1) is 5.82 Å². The number of halogens is 2. The summed E-state index contributed by atoms with van der Waals surface area (Å²) in [5.41, 5.74) is 0.605. The molecule has 1 saturated heterocycles. The molecule has 0 saturated carbocycles. The third-order valence-corrected chi connectivity index (χ3v) is 7.02. The van der Waals surface area contributed by atoms with Crippen LogP contribution in [0.15, 0.2) is 29.3 Å². The third kappa shape index (κ3) is 7.67. The Kier molecular flexibility index (Phi) is 10.3. The smallest absolute Gasteiger partial charge is 0.213 e. The Labute approximate surface area is 191 Å². The minimum absolute atomic E-state index is 0. The fraction of sp³-hybridized carbons (Fsp3) is 0.650. The Morgan fingerprint density at radius 3 is 2.48 bits per heavy atom. The van der Waals surface area contributed by atoms with Gasteiger partial charge in [-0.2, -0.15) is 0 Å². The number of aliphatic imine (C=N–C) groups is 1. The molecule has 0 spiro atoms. The van der Waals surface area contributed by atoms with Crippen molar-refractivity contribution in [1.82, 2.24) is 14.9 Å². The summed E-state index contributed by atoms with van der Waals surface area (Å²) < 4.78 is 39.1. The van der Waals surface area contributed by atoms with E-state index in [0.717, 1.165) is 24.9 Å². The Bertz CT molecular complexity index is 778. The molecule has 1 aliphatic heterocycles. The predicted molar refractivity (Wildman–Crippen MR) is 128 cm³/mol. The second-order valence-corrected chi connectivity index (χ2v) is 10.1. The second-order valence-electron chi connectivity index (χ2n) is 7.81. The van der Waals surface area contributed by atoms with E-state index >= 15 is 0 Å². The van der Waals surface area contributed by atoms with E-state index in [9.17, 15) is 12.8 Å². The first-order valence-electron chi connectivity index (χ1n) is 9.96. The molecule has 0 amide bonds. The van der Waals surface area contributed by atoms with Crippen LogP contribution in [0.25, 0.3) is 0 Å². The number of sulfonamides is 1. The fourth-order valence-corrected chi connectivity index (χ4v) is 4.38. The van der Waals surface area contributed by atoms with E-state index in [1.54, 1.807) is 23.4 Å². The molecule has 9 heteroatoms. The highest BCUT2D eigenvalue weighted by atomic mass is 127. The van der Waals surface area contributed by atoms with Crippen molar-refractivity contribution in [2.24, 2.45) is 4.99 Å². The standard InChI is InChI=1S/C20H33FN4O2S.HI/c1-5-22-19(23-15-20(3,4)16-8-7-9-17(21)14-16)24-18-10-12-25(13-11-18)28(26,27)6-2;/h7-9,14,18H,5-6,10-13,15H2,1-4H3,(H2,22,23,24);1H. The van der Waals surface area contributed by atoms with E-state index in [2.05, 4.69) is 10.6 Å². The molecule has 29 heavy (non-hydrogen) atoms. The third-order valence-electron chi connectivity index (χ3n) is 5.14. The van der Waals surface area contributed by atoms with E-state index < -0.39 is 10.0 Å². The van der Waals surface area contributed by atoms with Crippen LogP contribution < -0.4 is 10.6 Å². The zero-order valence-electron chi connectivity index (χ0n) is 17.7. The molecule has 166 valence electrons. The van der Waals surface area contributed by atoms with Gasteiger partial charge >= 0.3 is 0 Å². The molecule has 0 aliphatic carbocycles. The molecular weight excluding hydrogens is 506 g/mol. The van der Waals surface area contributed by atoms with Gasteiger partial charge in [-0.15, -0.1) is 24.0 Å². The highest BCUT2D eigenvalue weighted by Crippen LogP contribution is 2.24. The summed E-state index contributed by atoms with van der Waals surface area (Å²) in [5.74, 6) is 0.613. The number of rotatable bonds is 7. The lowest BCUT2D eigenvalue weighted by Gasteiger charge is -2.32. The van der Waals surface area contributed by atoms with Gasteiger partial charge in [0.05, 0.1) is 12.3 Å². The normalized spacial score (nSPS) is 16.9. The first-order chi connectivity index (χ1) is 13.2. The number of nitrogens with one attached hydrogen (secondary N) is 2. The van der Waals surface area contributed by atoms with Crippen molar-refractivity contribution in [3.05, 3.63) is 35.6 Å². The van der Waals surface area contributed by atoms with Crippen molar-refractivity contribution in [3.63, 3.8) is 0 Å². The molecule has 2 N–H and O–H groups in total. The van der Waals surface area contributed by atoms with Gasteiger partial charge in [-0.3, -0.25) is 4.99 Å². The number of hydrogen-bond acceptors (Lipinski definition) is 3. The number of piperidine rings is 1. The van der Waals surface area contributed by atoms with Gasteiger partial charge in [0.1, 0.15) is 5.82 Å². The molecule has 0 atom stereocenters. The molecular formula is C20H34FIN4O2S. The van der Waals surface area contributed by atoms with Crippen molar-refractivity contribution in [2.75, 3.05) is 31.9 Å². The highest BCUT2D eigenvalue weighted by Gasteiger charge is 2.27. The van der Waals surface area contributed by atoms with Gasteiger partial charge < -0.3 is 10.6 Å². The lowest BCUT2D eigenvalue weighted by Crippen LogP contribution is -2.50.